The van der Waals surface area contributed by atoms with Gasteiger partial charge in [-0.05, 0) is 12.8 Å². The standard InChI is InChI=1S/C7H11N/c1-8(2)6-5-7-3-4-7/h7H,3-4H2,1-2H3. The summed E-state index contributed by atoms with van der Waals surface area (Å²) in [5, 5.41) is 0. The first-order valence-corrected chi connectivity index (χ1v) is 2.97. The molecule has 0 amide bonds. The van der Waals surface area contributed by atoms with E-state index in [0.717, 1.165) is 5.92 Å². The molecule has 0 atom stereocenters. The highest BCUT2D eigenvalue weighted by atomic mass is 15.0. The molecule has 0 aromatic carbocycles. The Labute approximate surface area is 50.7 Å². The van der Waals surface area contributed by atoms with E-state index in [2.05, 4.69) is 12.0 Å². The molecule has 1 fully saturated rings. The van der Waals surface area contributed by atoms with Gasteiger partial charge in [0, 0.05) is 26.1 Å². The second-order valence-electron chi connectivity index (χ2n) is 2.42. The van der Waals surface area contributed by atoms with Crippen LogP contribution in [0, 0.1) is 17.9 Å². The second-order valence-corrected chi connectivity index (χ2v) is 2.42. The maximum atomic E-state index is 3.13. The van der Waals surface area contributed by atoms with Crippen LogP contribution in [0.5, 0.6) is 0 Å². The maximum Gasteiger partial charge on any atom is 0.0222 e. The molecule has 0 heterocycles. The lowest BCUT2D eigenvalue weighted by Gasteiger charge is -1.95. The van der Waals surface area contributed by atoms with Gasteiger partial charge in [-0.15, -0.1) is 0 Å². The normalized spacial score (nSPS) is 16.8. The van der Waals surface area contributed by atoms with E-state index in [1.54, 1.807) is 0 Å². The molecule has 0 aliphatic heterocycles. The van der Waals surface area contributed by atoms with Gasteiger partial charge in [-0.2, -0.15) is 0 Å². The molecule has 44 valence electrons. The van der Waals surface area contributed by atoms with Crippen LogP contribution in [0.25, 0.3) is 0 Å². The Morgan fingerprint density at radius 1 is 1.38 bits per heavy atom. The molecule has 1 saturated carbocycles. The van der Waals surface area contributed by atoms with Crippen molar-refractivity contribution in [2.75, 3.05) is 14.1 Å². The van der Waals surface area contributed by atoms with E-state index in [9.17, 15) is 0 Å². The first kappa shape index (κ1) is 5.50. The van der Waals surface area contributed by atoms with Crippen molar-refractivity contribution in [3.05, 3.63) is 0 Å². The molecule has 1 nitrogen and oxygen atoms in total. The lowest BCUT2D eigenvalue weighted by molar-refractivity contribution is 0.596. The summed E-state index contributed by atoms with van der Waals surface area (Å²) in [5.74, 6) is 3.87. The molecule has 0 N–H and O–H groups in total. The molecule has 0 bridgehead atoms. The minimum absolute atomic E-state index is 0.734. The van der Waals surface area contributed by atoms with Crippen LogP contribution in [-0.4, -0.2) is 19.0 Å². The van der Waals surface area contributed by atoms with Gasteiger partial charge < -0.3 is 4.90 Å². The highest BCUT2D eigenvalue weighted by molar-refractivity contribution is 5.07. The summed E-state index contributed by atoms with van der Waals surface area (Å²) in [7, 11) is 3.94. The fourth-order valence-electron chi connectivity index (χ4n) is 0.448. The van der Waals surface area contributed by atoms with Crippen molar-refractivity contribution < 1.29 is 0 Å². The summed E-state index contributed by atoms with van der Waals surface area (Å²) < 4.78 is 0. The zero-order chi connectivity index (χ0) is 5.98. The van der Waals surface area contributed by atoms with Crippen LogP contribution in [0.2, 0.25) is 0 Å². The predicted octanol–water partition coefficient (Wildman–Crippen LogP) is 0.919. The maximum absolute atomic E-state index is 3.13. The Morgan fingerprint density at radius 3 is 2.38 bits per heavy atom. The van der Waals surface area contributed by atoms with E-state index in [1.807, 2.05) is 19.0 Å². The highest BCUT2D eigenvalue weighted by Gasteiger charge is 2.17. The lowest BCUT2D eigenvalue weighted by atomic mass is 10.4. The highest BCUT2D eigenvalue weighted by Crippen LogP contribution is 2.27. The quantitative estimate of drug-likeness (QED) is 0.330. The Bertz CT molecular complexity index is 117. The molecule has 1 aliphatic rings. The summed E-state index contributed by atoms with van der Waals surface area (Å²) in [6, 6.07) is 2.99. The minimum Gasteiger partial charge on any atom is -0.339 e. The third-order valence-corrected chi connectivity index (χ3v) is 1.07. The number of rotatable bonds is 0. The molecule has 0 radical (unpaired) electrons. The number of hydrogen-bond acceptors (Lipinski definition) is 1. The molecule has 0 aromatic heterocycles. The van der Waals surface area contributed by atoms with Crippen molar-refractivity contribution in [2.45, 2.75) is 12.8 Å². The van der Waals surface area contributed by atoms with Crippen molar-refractivity contribution in [2.24, 2.45) is 5.92 Å². The van der Waals surface area contributed by atoms with Crippen LogP contribution in [0.3, 0.4) is 0 Å². The van der Waals surface area contributed by atoms with Crippen LogP contribution in [0.1, 0.15) is 12.8 Å². The summed E-state index contributed by atoms with van der Waals surface area (Å²) in [6.45, 7) is 0. The molecule has 8 heavy (non-hydrogen) atoms. The van der Waals surface area contributed by atoms with Crippen LogP contribution in [-0.2, 0) is 0 Å². The van der Waals surface area contributed by atoms with Gasteiger partial charge in [0.1, 0.15) is 0 Å². The van der Waals surface area contributed by atoms with E-state index in [0.29, 0.717) is 0 Å². The fraction of sp³-hybridized carbons (Fsp3) is 0.714. The van der Waals surface area contributed by atoms with Crippen molar-refractivity contribution in [3.63, 3.8) is 0 Å². The second kappa shape index (κ2) is 2.09. The Hall–Kier alpha value is -0.640. The lowest BCUT2D eigenvalue weighted by Crippen LogP contribution is -2.00. The number of hydrogen-bond donors (Lipinski definition) is 0. The first-order chi connectivity index (χ1) is 3.79. The molecule has 0 spiro atoms. The van der Waals surface area contributed by atoms with Crippen molar-refractivity contribution in [1.82, 2.24) is 4.90 Å². The van der Waals surface area contributed by atoms with Crippen LogP contribution in [0.15, 0.2) is 0 Å². The summed E-state index contributed by atoms with van der Waals surface area (Å²) >= 11 is 0. The summed E-state index contributed by atoms with van der Waals surface area (Å²) in [4.78, 5) is 1.90. The van der Waals surface area contributed by atoms with Crippen LogP contribution >= 0.6 is 0 Å². The number of nitrogens with zero attached hydrogens (tertiary/aromatic N) is 1. The Balaban J connectivity index is 2.23. The first-order valence-electron chi connectivity index (χ1n) is 2.97. The monoisotopic (exact) mass is 109 g/mol. The smallest absolute Gasteiger partial charge is 0.0222 e. The van der Waals surface area contributed by atoms with Gasteiger partial charge >= 0.3 is 0 Å². The SMILES string of the molecule is CN(C)C#CC1CC1. The van der Waals surface area contributed by atoms with E-state index in [1.165, 1.54) is 12.8 Å². The van der Waals surface area contributed by atoms with E-state index in [4.69, 9.17) is 0 Å². The molecule has 1 heteroatoms. The predicted molar refractivity (Wildman–Crippen MR) is 34.2 cm³/mol. The average molecular weight is 109 g/mol. The van der Waals surface area contributed by atoms with Crippen molar-refractivity contribution in [3.8, 4) is 12.0 Å². The van der Waals surface area contributed by atoms with Crippen molar-refractivity contribution in [1.29, 1.82) is 0 Å². The molecule has 0 unspecified atom stereocenters. The molecular weight excluding hydrogens is 98.1 g/mol. The molecule has 0 aromatic rings. The molecular formula is C7H11N. The van der Waals surface area contributed by atoms with Crippen LogP contribution in [0.4, 0.5) is 0 Å². The zero-order valence-corrected chi connectivity index (χ0v) is 5.44. The van der Waals surface area contributed by atoms with E-state index in [-0.39, 0.29) is 0 Å². The summed E-state index contributed by atoms with van der Waals surface area (Å²) in [6.07, 6.45) is 2.64. The largest absolute Gasteiger partial charge is 0.339 e. The van der Waals surface area contributed by atoms with Gasteiger partial charge in [0.25, 0.3) is 0 Å². The third-order valence-electron chi connectivity index (χ3n) is 1.07. The van der Waals surface area contributed by atoms with Gasteiger partial charge in [-0.25, -0.2) is 0 Å². The van der Waals surface area contributed by atoms with Crippen molar-refractivity contribution >= 4 is 0 Å². The molecule has 1 aliphatic carbocycles. The van der Waals surface area contributed by atoms with E-state index >= 15 is 0 Å². The van der Waals surface area contributed by atoms with E-state index < -0.39 is 0 Å². The fourth-order valence-corrected chi connectivity index (χ4v) is 0.448. The Kier molecular flexibility index (Phi) is 1.43. The van der Waals surface area contributed by atoms with Gasteiger partial charge in [-0.3, -0.25) is 0 Å². The van der Waals surface area contributed by atoms with Gasteiger partial charge in [-0.1, -0.05) is 5.92 Å². The summed E-state index contributed by atoms with van der Waals surface area (Å²) in [5.41, 5.74) is 0. The van der Waals surface area contributed by atoms with Gasteiger partial charge in [0.15, 0.2) is 0 Å². The Morgan fingerprint density at radius 2 is 2.00 bits per heavy atom. The zero-order valence-electron chi connectivity index (χ0n) is 5.44. The molecule has 1 rings (SSSR count). The average Bonchev–Trinajstić information content (AvgIpc) is 2.41. The third kappa shape index (κ3) is 1.88. The van der Waals surface area contributed by atoms with Crippen LogP contribution < -0.4 is 0 Å². The molecule has 0 saturated heterocycles. The van der Waals surface area contributed by atoms with Gasteiger partial charge in [0.2, 0.25) is 0 Å². The minimum atomic E-state index is 0.734. The van der Waals surface area contributed by atoms with Gasteiger partial charge in [0.05, 0.1) is 0 Å². The topological polar surface area (TPSA) is 3.24 Å².